The van der Waals surface area contributed by atoms with Crippen LogP contribution in [0.4, 0.5) is 0 Å². The molecule has 0 aromatic rings. The third kappa shape index (κ3) is 9.18. The molecular weight excluding hydrogens is 97.5 g/mol. The lowest BCUT2D eigenvalue weighted by Gasteiger charge is -1.76. The SMILES string of the molecule is C#CCNC.Cl. The van der Waals surface area contributed by atoms with Crippen molar-refractivity contribution in [1.82, 2.24) is 5.32 Å². The Morgan fingerprint density at radius 1 is 1.83 bits per heavy atom. The fourth-order valence-corrected chi connectivity index (χ4v) is 0.102. The van der Waals surface area contributed by atoms with Gasteiger partial charge in [0.15, 0.2) is 0 Å². The molecule has 0 aliphatic heterocycles. The van der Waals surface area contributed by atoms with Gasteiger partial charge in [0.05, 0.1) is 6.54 Å². The quantitative estimate of drug-likeness (QED) is 0.472. The van der Waals surface area contributed by atoms with Crippen LogP contribution in [-0.2, 0) is 0 Å². The molecule has 0 bridgehead atoms. The van der Waals surface area contributed by atoms with Crippen LogP contribution in [0, 0.1) is 12.3 Å². The summed E-state index contributed by atoms with van der Waals surface area (Å²) in [4.78, 5) is 0. The minimum atomic E-state index is 0. The normalized spacial score (nSPS) is 5.33. The first-order valence-corrected chi connectivity index (χ1v) is 1.50. The molecule has 1 nitrogen and oxygen atoms in total. The summed E-state index contributed by atoms with van der Waals surface area (Å²) in [5.74, 6) is 2.41. The Hall–Kier alpha value is -0.190. The Bertz CT molecular complexity index is 46.0. The monoisotopic (exact) mass is 105 g/mol. The molecule has 6 heavy (non-hydrogen) atoms. The molecular formula is C4H8ClN. The van der Waals surface area contributed by atoms with Crippen molar-refractivity contribution in [2.45, 2.75) is 0 Å². The van der Waals surface area contributed by atoms with Crippen LogP contribution in [0.3, 0.4) is 0 Å². The van der Waals surface area contributed by atoms with Gasteiger partial charge in [0.1, 0.15) is 0 Å². The highest BCUT2D eigenvalue weighted by molar-refractivity contribution is 5.85. The Balaban J connectivity index is 0. The largest absolute Gasteiger partial charge is 0.309 e. The molecule has 0 unspecified atom stereocenters. The van der Waals surface area contributed by atoms with Gasteiger partial charge in [-0.25, -0.2) is 0 Å². The molecule has 0 amide bonds. The van der Waals surface area contributed by atoms with Crippen LogP contribution in [0.2, 0.25) is 0 Å². The molecule has 0 radical (unpaired) electrons. The maximum atomic E-state index is 4.83. The van der Waals surface area contributed by atoms with E-state index in [1.165, 1.54) is 0 Å². The molecule has 0 saturated carbocycles. The Morgan fingerprint density at radius 2 is 2.33 bits per heavy atom. The Labute approximate surface area is 44.5 Å². The van der Waals surface area contributed by atoms with Gasteiger partial charge in [-0.15, -0.1) is 18.8 Å². The van der Waals surface area contributed by atoms with Crippen LogP contribution in [0.1, 0.15) is 0 Å². The molecule has 2 heteroatoms. The van der Waals surface area contributed by atoms with E-state index in [4.69, 9.17) is 6.42 Å². The molecule has 0 fully saturated rings. The third-order valence-electron chi connectivity index (χ3n) is 0.279. The van der Waals surface area contributed by atoms with Crippen molar-refractivity contribution >= 4 is 12.4 Å². The molecule has 0 aliphatic carbocycles. The minimum absolute atomic E-state index is 0. The summed E-state index contributed by atoms with van der Waals surface area (Å²) >= 11 is 0. The predicted octanol–water partition coefficient (Wildman–Crippen LogP) is 0.261. The summed E-state index contributed by atoms with van der Waals surface area (Å²) in [6, 6.07) is 0. The van der Waals surface area contributed by atoms with Gasteiger partial charge in [0, 0.05) is 0 Å². The third-order valence-corrected chi connectivity index (χ3v) is 0.279. The second kappa shape index (κ2) is 8.84. The lowest BCUT2D eigenvalue weighted by Crippen LogP contribution is -2.03. The molecule has 0 heterocycles. The number of hydrogen-bond acceptors (Lipinski definition) is 1. The van der Waals surface area contributed by atoms with Crippen LogP contribution in [0.15, 0.2) is 0 Å². The van der Waals surface area contributed by atoms with E-state index in [0.717, 1.165) is 0 Å². The van der Waals surface area contributed by atoms with Crippen molar-refractivity contribution in [3.05, 3.63) is 0 Å². The fourth-order valence-electron chi connectivity index (χ4n) is 0.102. The maximum absolute atomic E-state index is 4.83. The van der Waals surface area contributed by atoms with Crippen molar-refractivity contribution in [2.75, 3.05) is 13.6 Å². The topological polar surface area (TPSA) is 12.0 Å². The zero-order valence-corrected chi connectivity index (χ0v) is 4.51. The number of hydrogen-bond donors (Lipinski definition) is 1. The van der Waals surface area contributed by atoms with E-state index in [9.17, 15) is 0 Å². The van der Waals surface area contributed by atoms with Gasteiger partial charge in [0.25, 0.3) is 0 Å². The van der Waals surface area contributed by atoms with Crippen LogP contribution in [0.5, 0.6) is 0 Å². The minimum Gasteiger partial charge on any atom is -0.309 e. The molecule has 36 valence electrons. The second-order valence-electron chi connectivity index (χ2n) is 0.734. The summed E-state index contributed by atoms with van der Waals surface area (Å²) in [6.45, 7) is 0.667. The van der Waals surface area contributed by atoms with E-state index in [2.05, 4.69) is 11.2 Å². The van der Waals surface area contributed by atoms with Crippen molar-refractivity contribution < 1.29 is 0 Å². The van der Waals surface area contributed by atoms with Gasteiger partial charge >= 0.3 is 0 Å². The molecule has 0 rings (SSSR count). The van der Waals surface area contributed by atoms with E-state index in [-0.39, 0.29) is 12.4 Å². The van der Waals surface area contributed by atoms with Gasteiger partial charge in [-0.3, -0.25) is 0 Å². The average Bonchev–Trinajstić information content (AvgIpc) is 1.41. The molecule has 0 aromatic heterocycles. The highest BCUT2D eigenvalue weighted by Gasteiger charge is 1.56. The molecule has 0 saturated heterocycles. The van der Waals surface area contributed by atoms with Gasteiger partial charge < -0.3 is 5.32 Å². The lowest BCUT2D eigenvalue weighted by atomic mass is 10.7. The smallest absolute Gasteiger partial charge is 0.0571 e. The number of terminal acetylenes is 1. The van der Waals surface area contributed by atoms with Gasteiger partial charge in [0.2, 0.25) is 0 Å². The molecule has 0 aliphatic rings. The second-order valence-corrected chi connectivity index (χ2v) is 0.734. The first-order valence-electron chi connectivity index (χ1n) is 1.50. The molecule has 0 atom stereocenters. The van der Waals surface area contributed by atoms with Crippen molar-refractivity contribution in [3.8, 4) is 12.3 Å². The summed E-state index contributed by atoms with van der Waals surface area (Å²) in [5, 5.41) is 2.78. The maximum Gasteiger partial charge on any atom is 0.0571 e. The predicted molar refractivity (Wildman–Crippen MR) is 30.0 cm³/mol. The number of halogens is 1. The van der Waals surface area contributed by atoms with E-state index < -0.39 is 0 Å². The zero-order chi connectivity index (χ0) is 4.12. The first-order chi connectivity index (χ1) is 2.41. The average molecular weight is 106 g/mol. The van der Waals surface area contributed by atoms with E-state index in [1.807, 2.05) is 7.05 Å². The number of rotatable bonds is 1. The standard InChI is InChI=1S/C4H7N.ClH/c1-3-4-5-2;/h1,5H,4H2,2H3;1H. The van der Waals surface area contributed by atoms with Crippen LogP contribution in [0.25, 0.3) is 0 Å². The Morgan fingerprint density at radius 3 is 2.33 bits per heavy atom. The molecule has 1 N–H and O–H groups in total. The van der Waals surface area contributed by atoms with E-state index in [0.29, 0.717) is 6.54 Å². The first kappa shape index (κ1) is 9.26. The van der Waals surface area contributed by atoms with Crippen molar-refractivity contribution in [1.29, 1.82) is 0 Å². The highest BCUT2D eigenvalue weighted by Crippen LogP contribution is 1.37. The van der Waals surface area contributed by atoms with Crippen molar-refractivity contribution in [3.63, 3.8) is 0 Å². The Kier molecular flexibility index (Phi) is 13.6. The van der Waals surface area contributed by atoms with E-state index >= 15 is 0 Å². The van der Waals surface area contributed by atoms with Gasteiger partial charge in [-0.1, -0.05) is 5.92 Å². The summed E-state index contributed by atoms with van der Waals surface area (Å²) in [5.41, 5.74) is 0. The summed E-state index contributed by atoms with van der Waals surface area (Å²) < 4.78 is 0. The van der Waals surface area contributed by atoms with Crippen molar-refractivity contribution in [2.24, 2.45) is 0 Å². The summed E-state index contributed by atoms with van der Waals surface area (Å²) in [6.07, 6.45) is 4.83. The fraction of sp³-hybridized carbons (Fsp3) is 0.500. The van der Waals surface area contributed by atoms with Crippen LogP contribution < -0.4 is 5.32 Å². The van der Waals surface area contributed by atoms with E-state index in [1.54, 1.807) is 0 Å². The molecule has 0 spiro atoms. The van der Waals surface area contributed by atoms with Gasteiger partial charge in [-0.2, -0.15) is 0 Å². The van der Waals surface area contributed by atoms with Crippen LogP contribution >= 0.6 is 12.4 Å². The number of nitrogens with one attached hydrogen (secondary N) is 1. The highest BCUT2D eigenvalue weighted by atomic mass is 35.5. The van der Waals surface area contributed by atoms with Crippen LogP contribution in [-0.4, -0.2) is 13.6 Å². The lowest BCUT2D eigenvalue weighted by molar-refractivity contribution is 0.939. The molecule has 0 aromatic carbocycles. The summed E-state index contributed by atoms with van der Waals surface area (Å²) in [7, 11) is 1.82. The zero-order valence-electron chi connectivity index (χ0n) is 3.69. The van der Waals surface area contributed by atoms with Gasteiger partial charge in [-0.05, 0) is 7.05 Å².